The van der Waals surface area contributed by atoms with Crippen LogP contribution in [0.15, 0.2) is 10.6 Å². The van der Waals surface area contributed by atoms with E-state index in [4.69, 9.17) is 30.8 Å². The maximum atomic E-state index is 12.6. The molecule has 2 aliphatic heterocycles. The highest BCUT2D eigenvalue weighted by atomic mass is 35.5. The first-order valence-electron chi connectivity index (χ1n) is 10.6. The molecule has 0 N–H and O–H groups in total. The molecule has 2 fully saturated rings. The van der Waals surface area contributed by atoms with Crippen LogP contribution >= 0.6 is 11.6 Å². The molecule has 0 spiro atoms. The molecule has 2 aliphatic rings. The van der Waals surface area contributed by atoms with Crippen molar-refractivity contribution in [2.75, 3.05) is 44.3 Å². The monoisotopic (exact) mass is 433 g/mol. The molecule has 30 heavy (non-hydrogen) atoms. The number of carbonyl (C=O) groups excluding carboxylic acids is 1. The first-order valence-corrected chi connectivity index (χ1v) is 11.0. The van der Waals surface area contributed by atoms with Crippen molar-refractivity contribution >= 4 is 23.3 Å². The van der Waals surface area contributed by atoms with Gasteiger partial charge in [-0.05, 0) is 26.7 Å². The predicted molar refractivity (Wildman–Crippen MR) is 113 cm³/mol. The summed E-state index contributed by atoms with van der Waals surface area (Å²) in [6.45, 7) is 8.79. The van der Waals surface area contributed by atoms with Crippen LogP contribution in [0.4, 0.5) is 5.82 Å². The maximum Gasteiger partial charge on any atom is 0.223 e. The largest absolute Gasteiger partial charge is 0.378 e. The molecule has 0 radical (unpaired) electrons. The number of morpholine rings is 1. The molecule has 162 valence electrons. The molecular weight excluding hydrogens is 406 g/mol. The molecule has 8 nitrogen and oxygen atoms in total. The normalized spacial score (nSPS) is 18.1. The van der Waals surface area contributed by atoms with Crippen LogP contribution in [0.25, 0.3) is 0 Å². The lowest BCUT2D eigenvalue weighted by molar-refractivity contribution is -0.132. The van der Waals surface area contributed by atoms with E-state index in [1.165, 1.54) is 0 Å². The van der Waals surface area contributed by atoms with Crippen molar-refractivity contribution in [1.82, 2.24) is 20.0 Å². The van der Waals surface area contributed by atoms with Gasteiger partial charge in [0.2, 0.25) is 5.91 Å². The second-order valence-electron chi connectivity index (χ2n) is 7.99. The number of anilines is 1. The van der Waals surface area contributed by atoms with Gasteiger partial charge >= 0.3 is 0 Å². The first-order chi connectivity index (χ1) is 14.5. The number of amides is 1. The number of ether oxygens (including phenoxy) is 1. The average molecular weight is 434 g/mol. The zero-order valence-electron chi connectivity index (χ0n) is 17.6. The lowest BCUT2D eigenvalue weighted by Crippen LogP contribution is -2.39. The van der Waals surface area contributed by atoms with Crippen LogP contribution in [0.5, 0.6) is 0 Å². The Morgan fingerprint density at radius 2 is 1.90 bits per heavy atom. The number of hydrogen-bond donors (Lipinski definition) is 0. The van der Waals surface area contributed by atoms with Crippen molar-refractivity contribution in [2.45, 2.75) is 45.4 Å². The maximum absolute atomic E-state index is 12.6. The zero-order valence-corrected chi connectivity index (χ0v) is 18.3. The third-order valence-electron chi connectivity index (χ3n) is 6.02. The van der Waals surface area contributed by atoms with Gasteiger partial charge in [0.25, 0.3) is 0 Å². The third kappa shape index (κ3) is 4.75. The summed E-state index contributed by atoms with van der Waals surface area (Å²) in [5.41, 5.74) is 2.17. The number of halogens is 1. The number of rotatable bonds is 5. The summed E-state index contributed by atoms with van der Waals surface area (Å²) in [6.07, 6.45) is 2.68. The topological polar surface area (TPSA) is 84.6 Å². The molecule has 4 rings (SSSR count). The van der Waals surface area contributed by atoms with Crippen LogP contribution in [-0.2, 0) is 16.0 Å². The van der Waals surface area contributed by atoms with Gasteiger partial charge in [0.15, 0.2) is 5.15 Å². The first kappa shape index (κ1) is 21.1. The van der Waals surface area contributed by atoms with Gasteiger partial charge in [0.05, 0.1) is 13.2 Å². The lowest BCUT2D eigenvalue weighted by Gasteiger charge is -2.33. The Morgan fingerprint density at radius 3 is 2.57 bits per heavy atom. The molecule has 9 heteroatoms. The summed E-state index contributed by atoms with van der Waals surface area (Å²) in [5.74, 6) is 2.99. The van der Waals surface area contributed by atoms with Gasteiger partial charge in [-0.3, -0.25) is 4.79 Å². The predicted octanol–water partition coefficient (Wildman–Crippen LogP) is 2.91. The molecule has 0 bridgehead atoms. The van der Waals surface area contributed by atoms with Crippen molar-refractivity contribution in [2.24, 2.45) is 0 Å². The minimum absolute atomic E-state index is 0.135. The Bertz CT molecular complexity index is 889. The van der Waals surface area contributed by atoms with Gasteiger partial charge in [-0.2, -0.15) is 0 Å². The zero-order chi connectivity index (χ0) is 21.1. The fourth-order valence-electron chi connectivity index (χ4n) is 4.08. The lowest BCUT2D eigenvalue weighted by atomic mass is 9.95. The molecule has 2 aromatic rings. The molecule has 0 unspecified atom stereocenters. The second-order valence-corrected chi connectivity index (χ2v) is 8.37. The second kappa shape index (κ2) is 9.31. The van der Waals surface area contributed by atoms with Gasteiger partial charge in [-0.15, -0.1) is 0 Å². The third-order valence-corrected chi connectivity index (χ3v) is 6.20. The summed E-state index contributed by atoms with van der Waals surface area (Å²) in [7, 11) is 0. The van der Waals surface area contributed by atoms with Crippen molar-refractivity contribution in [3.8, 4) is 0 Å². The Labute approximate surface area is 181 Å². The molecule has 1 amide bonds. The summed E-state index contributed by atoms with van der Waals surface area (Å²) in [4.78, 5) is 26.5. The van der Waals surface area contributed by atoms with Crippen LogP contribution in [0.3, 0.4) is 0 Å². The fraction of sp³-hybridized carbons (Fsp3) is 0.619. The molecule has 0 saturated carbocycles. The smallest absolute Gasteiger partial charge is 0.223 e. The van der Waals surface area contributed by atoms with E-state index in [1.807, 2.05) is 4.90 Å². The van der Waals surface area contributed by atoms with E-state index in [9.17, 15) is 4.79 Å². The molecule has 2 aromatic heterocycles. The Hall–Kier alpha value is -2.19. The van der Waals surface area contributed by atoms with Crippen molar-refractivity contribution in [3.63, 3.8) is 0 Å². The SMILES string of the molecule is Cc1nc(C2CCN(C(=O)CCc3cc(Cl)no3)CC2)nc(N2CCOCC2)c1C. The quantitative estimate of drug-likeness (QED) is 0.716. The van der Waals surface area contributed by atoms with Crippen LogP contribution in [0, 0.1) is 13.8 Å². The van der Waals surface area contributed by atoms with Crippen molar-refractivity contribution in [3.05, 3.63) is 34.1 Å². The highest BCUT2D eigenvalue weighted by molar-refractivity contribution is 6.29. The number of aryl methyl sites for hydroxylation is 2. The van der Waals surface area contributed by atoms with E-state index in [-0.39, 0.29) is 11.8 Å². The highest BCUT2D eigenvalue weighted by Crippen LogP contribution is 2.30. The van der Waals surface area contributed by atoms with Gasteiger partial charge < -0.3 is 19.1 Å². The van der Waals surface area contributed by atoms with Crippen molar-refractivity contribution in [1.29, 1.82) is 0 Å². The Kier molecular flexibility index (Phi) is 6.53. The average Bonchev–Trinajstić information content (AvgIpc) is 3.19. The Balaban J connectivity index is 1.36. The van der Waals surface area contributed by atoms with E-state index < -0.39 is 0 Å². The number of likely N-dealkylation sites (tertiary alicyclic amines) is 1. The summed E-state index contributed by atoms with van der Waals surface area (Å²) in [5, 5.41) is 3.97. The minimum atomic E-state index is 0.135. The number of carbonyl (C=O) groups is 1. The molecule has 0 aromatic carbocycles. The Morgan fingerprint density at radius 1 is 1.17 bits per heavy atom. The highest BCUT2D eigenvalue weighted by Gasteiger charge is 2.27. The molecule has 0 atom stereocenters. The number of piperidine rings is 1. The van der Waals surface area contributed by atoms with E-state index in [2.05, 4.69) is 23.9 Å². The van der Waals surface area contributed by atoms with Crippen LogP contribution in [-0.4, -0.2) is 65.3 Å². The molecule has 0 aliphatic carbocycles. The van der Waals surface area contributed by atoms with Gasteiger partial charge in [0.1, 0.15) is 17.4 Å². The number of aromatic nitrogens is 3. The molecular formula is C21H28ClN5O3. The minimum Gasteiger partial charge on any atom is -0.378 e. The molecule has 2 saturated heterocycles. The number of nitrogens with zero attached hydrogens (tertiary/aromatic N) is 5. The van der Waals surface area contributed by atoms with Crippen LogP contribution < -0.4 is 4.90 Å². The number of hydrogen-bond acceptors (Lipinski definition) is 7. The summed E-state index contributed by atoms with van der Waals surface area (Å²) < 4.78 is 10.6. The van der Waals surface area contributed by atoms with E-state index in [0.717, 1.165) is 75.1 Å². The van der Waals surface area contributed by atoms with E-state index >= 15 is 0 Å². The van der Waals surface area contributed by atoms with Crippen LogP contribution in [0.2, 0.25) is 5.15 Å². The van der Waals surface area contributed by atoms with Crippen LogP contribution in [0.1, 0.15) is 48.0 Å². The van der Waals surface area contributed by atoms with Gasteiger partial charge in [0, 0.05) is 62.3 Å². The fourth-order valence-corrected chi connectivity index (χ4v) is 4.24. The standard InChI is InChI=1S/C21H28ClN5O3/c1-14-15(2)23-20(24-21(14)27-9-11-29-12-10-27)16-5-7-26(8-6-16)19(28)4-3-17-13-18(22)25-30-17/h13,16H,3-12H2,1-2H3. The van der Waals surface area contributed by atoms with Gasteiger partial charge in [-0.25, -0.2) is 9.97 Å². The van der Waals surface area contributed by atoms with E-state index in [1.54, 1.807) is 6.07 Å². The van der Waals surface area contributed by atoms with Crippen molar-refractivity contribution < 1.29 is 14.1 Å². The van der Waals surface area contributed by atoms with E-state index in [0.29, 0.717) is 23.8 Å². The summed E-state index contributed by atoms with van der Waals surface area (Å²) >= 11 is 5.76. The summed E-state index contributed by atoms with van der Waals surface area (Å²) in [6, 6.07) is 1.66. The van der Waals surface area contributed by atoms with Gasteiger partial charge in [-0.1, -0.05) is 16.8 Å². The molecule has 4 heterocycles.